The minimum atomic E-state index is -4.14. The van der Waals surface area contributed by atoms with E-state index in [2.05, 4.69) is 0 Å². The largest absolute Gasteiger partial charge is 0.486 e. The van der Waals surface area contributed by atoms with Crippen LogP contribution in [0.25, 0.3) is 0 Å². The van der Waals surface area contributed by atoms with Gasteiger partial charge in [-0.05, 0) is 44.7 Å². The molecule has 2 nitrogen and oxygen atoms in total. The quantitative estimate of drug-likeness (QED) is 0.707. The molecule has 114 valence electrons. The average molecular weight is 298 g/mol. The van der Waals surface area contributed by atoms with Crippen molar-refractivity contribution in [2.45, 2.75) is 50.8 Å². The molecule has 0 saturated heterocycles. The number of benzene rings is 1. The summed E-state index contributed by atoms with van der Waals surface area (Å²) in [5, 5.41) is 0. The van der Waals surface area contributed by atoms with Gasteiger partial charge in [0.2, 0.25) is 0 Å². The maximum atomic E-state index is 12.7. The lowest BCUT2D eigenvalue weighted by Gasteiger charge is -2.43. The fourth-order valence-corrected chi connectivity index (χ4v) is 3.36. The maximum absolute atomic E-state index is 12.7. The molecule has 21 heavy (non-hydrogen) atoms. The number of carbonyl (C=O) groups is 1. The first-order chi connectivity index (χ1) is 9.79. The van der Waals surface area contributed by atoms with Crippen LogP contribution in [0.5, 0.6) is 5.75 Å². The monoisotopic (exact) mass is 298 g/mol. The number of Topliss-reactive ketones (excluding diaryl/α,β-unsaturated/α-hetero) is 1. The van der Waals surface area contributed by atoms with Gasteiger partial charge in [-0.3, -0.25) is 4.79 Å². The molecule has 3 rings (SSSR count). The van der Waals surface area contributed by atoms with Gasteiger partial charge in [-0.2, -0.15) is 13.2 Å². The summed E-state index contributed by atoms with van der Waals surface area (Å²) in [6, 6.07) is 5.39. The van der Waals surface area contributed by atoms with E-state index in [1.807, 2.05) is 13.0 Å². The lowest BCUT2D eigenvalue weighted by atomic mass is 9.74. The Morgan fingerprint density at radius 1 is 1.24 bits per heavy atom. The first-order valence-corrected chi connectivity index (χ1v) is 7.19. The summed E-state index contributed by atoms with van der Waals surface area (Å²) in [7, 11) is 0. The van der Waals surface area contributed by atoms with Crippen molar-refractivity contribution >= 4 is 5.78 Å². The molecule has 0 radical (unpaired) electrons. The fraction of sp³-hybridized carbons (Fsp3) is 0.562. The SMILES string of the molecule is Cc1ccc2c(c1)C(=O)CC1(CCC(C(F)(F)F)CC1)O2. The third-order valence-corrected chi connectivity index (χ3v) is 4.60. The summed E-state index contributed by atoms with van der Waals surface area (Å²) in [5.41, 5.74) is 0.794. The number of ketones is 1. The van der Waals surface area contributed by atoms with Crippen molar-refractivity contribution in [3.05, 3.63) is 29.3 Å². The summed E-state index contributed by atoms with van der Waals surface area (Å²) in [4.78, 5) is 12.3. The number of aryl methyl sites for hydroxylation is 1. The van der Waals surface area contributed by atoms with Crippen molar-refractivity contribution < 1.29 is 22.7 Å². The van der Waals surface area contributed by atoms with Crippen LogP contribution in [-0.2, 0) is 0 Å². The number of hydrogen-bond acceptors (Lipinski definition) is 2. The predicted molar refractivity (Wildman–Crippen MR) is 71.5 cm³/mol. The van der Waals surface area contributed by atoms with E-state index in [0.29, 0.717) is 11.3 Å². The Balaban J connectivity index is 1.80. The Hall–Kier alpha value is -1.52. The van der Waals surface area contributed by atoms with E-state index in [0.717, 1.165) is 5.56 Å². The zero-order valence-corrected chi connectivity index (χ0v) is 11.8. The molecule has 1 saturated carbocycles. The van der Waals surface area contributed by atoms with Gasteiger partial charge in [0, 0.05) is 0 Å². The standard InChI is InChI=1S/C16H17F3O2/c1-10-2-3-14-12(8-10)13(20)9-15(21-14)6-4-11(5-7-15)16(17,18)19/h2-3,8,11H,4-7,9H2,1H3. The molecule has 0 amide bonds. The third-order valence-electron chi connectivity index (χ3n) is 4.60. The van der Waals surface area contributed by atoms with Crippen LogP contribution in [0.1, 0.15) is 48.0 Å². The number of alkyl halides is 3. The van der Waals surface area contributed by atoms with E-state index in [1.165, 1.54) is 0 Å². The van der Waals surface area contributed by atoms with Gasteiger partial charge < -0.3 is 4.74 Å². The second-order valence-corrected chi connectivity index (χ2v) is 6.20. The zero-order chi connectivity index (χ0) is 15.3. The van der Waals surface area contributed by atoms with Gasteiger partial charge in [0.1, 0.15) is 11.4 Å². The van der Waals surface area contributed by atoms with Crippen molar-refractivity contribution in [2.24, 2.45) is 5.92 Å². The molecule has 1 aliphatic carbocycles. The summed E-state index contributed by atoms with van der Waals surface area (Å²) in [6.07, 6.45) is -3.30. The van der Waals surface area contributed by atoms with Gasteiger partial charge in [-0.1, -0.05) is 11.6 Å². The average Bonchev–Trinajstić information content (AvgIpc) is 2.39. The molecule has 0 bridgehead atoms. The smallest absolute Gasteiger partial charge is 0.391 e. The fourth-order valence-electron chi connectivity index (χ4n) is 3.36. The zero-order valence-electron chi connectivity index (χ0n) is 11.8. The van der Waals surface area contributed by atoms with E-state index < -0.39 is 17.7 Å². The summed E-state index contributed by atoms with van der Waals surface area (Å²) in [5.74, 6) is -0.769. The highest BCUT2D eigenvalue weighted by Crippen LogP contribution is 2.47. The van der Waals surface area contributed by atoms with Gasteiger partial charge in [0.25, 0.3) is 0 Å². The van der Waals surface area contributed by atoms with Crippen molar-refractivity contribution in [2.75, 3.05) is 0 Å². The Morgan fingerprint density at radius 3 is 2.52 bits per heavy atom. The Morgan fingerprint density at radius 2 is 1.90 bits per heavy atom. The van der Waals surface area contributed by atoms with Crippen LogP contribution < -0.4 is 4.74 Å². The summed E-state index contributed by atoms with van der Waals surface area (Å²) < 4.78 is 44.2. The predicted octanol–water partition coefficient (Wildman–Crippen LogP) is 4.45. The highest BCUT2D eigenvalue weighted by molar-refractivity contribution is 6.00. The van der Waals surface area contributed by atoms with E-state index in [-0.39, 0.29) is 37.9 Å². The molecule has 0 N–H and O–H groups in total. The van der Waals surface area contributed by atoms with Crippen LogP contribution in [0.15, 0.2) is 18.2 Å². The topological polar surface area (TPSA) is 26.3 Å². The van der Waals surface area contributed by atoms with Crippen LogP contribution in [0.3, 0.4) is 0 Å². The van der Waals surface area contributed by atoms with Crippen LogP contribution in [0, 0.1) is 12.8 Å². The van der Waals surface area contributed by atoms with Crippen molar-refractivity contribution in [1.29, 1.82) is 0 Å². The van der Waals surface area contributed by atoms with Gasteiger partial charge >= 0.3 is 6.18 Å². The summed E-state index contributed by atoms with van der Waals surface area (Å²) >= 11 is 0. The van der Waals surface area contributed by atoms with Crippen molar-refractivity contribution in [3.8, 4) is 5.75 Å². The Bertz CT molecular complexity index is 569. The number of carbonyl (C=O) groups excluding carboxylic acids is 1. The number of hydrogen-bond donors (Lipinski definition) is 0. The van der Waals surface area contributed by atoms with Gasteiger partial charge in [0.15, 0.2) is 5.78 Å². The molecule has 0 unspecified atom stereocenters. The molecular weight excluding hydrogens is 281 g/mol. The Kier molecular flexibility index (Phi) is 3.26. The molecule has 1 fully saturated rings. The van der Waals surface area contributed by atoms with Gasteiger partial charge in [-0.25, -0.2) is 0 Å². The maximum Gasteiger partial charge on any atom is 0.391 e. The molecule has 5 heteroatoms. The van der Waals surface area contributed by atoms with Gasteiger partial charge in [-0.15, -0.1) is 0 Å². The lowest BCUT2D eigenvalue weighted by molar-refractivity contribution is -0.190. The van der Waals surface area contributed by atoms with Crippen LogP contribution in [0.4, 0.5) is 13.2 Å². The molecule has 1 aromatic rings. The second-order valence-electron chi connectivity index (χ2n) is 6.20. The second kappa shape index (κ2) is 4.75. The van der Waals surface area contributed by atoms with Crippen LogP contribution in [0.2, 0.25) is 0 Å². The molecule has 1 heterocycles. The molecule has 0 atom stereocenters. The first kappa shape index (κ1) is 14.4. The number of rotatable bonds is 0. The third kappa shape index (κ3) is 2.65. The van der Waals surface area contributed by atoms with Crippen LogP contribution >= 0.6 is 0 Å². The normalized spacial score (nSPS) is 29.1. The van der Waals surface area contributed by atoms with E-state index in [9.17, 15) is 18.0 Å². The molecular formula is C16H17F3O2. The number of ether oxygens (including phenoxy) is 1. The first-order valence-electron chi connectivity index (χ1n) is 7.19. The van der Waals surface area contributed by atoms with E-state index >= 15 is 0 Å². The lowest BCUT2D eigenvalue weighted by Crippen LogP contribution is -2.46. The molecule has 1 aliphatic heterocycles. The van der Waals surface area contributed by atoms with E-state index in [4.69, 9.17) is 4.74 Å². The van der Waals surface area contributed by atoms with Crippen molar-refractivity contribution in [3.63, 3.8) is 0 Å². The highest BCUT2D eigenvalue weighted by Gasteiger charge is 2.49. The van der Waals surface area contributed by atoms with Crippen LogP contribution in [-0.4, -0.2) is 17.6 Å². The minimum Gasteiger partial charge on any atom is -0.486 e. The number of fused-ring (bicyclic) bond motifs is 1. The Labute approximate surface area is 121 Å². The molecule has 1 spiro atoms. The highest BCUT2D eigenvalue weighted by atomic mass is 19.4. The molecule has 0 aromatic heterocycles. The van der Waals surface area contributed by atoms with Gasteiger partial charge in [0.05, 0.1) is 17.9 Å². The molecule has 1 aromatic carbocycles. The van der Waals surface area contributed by atoms with Crippen molar-refractivity contribution in [1.82, 2.24) is 0 Å². The molecule has 2 aliphatic rings. The summed E-state index contributed by atoms with van der Waals surface area (Å²) in [6.45, 7) is 1.90. The van der Waals surface area contributed by atoms with E-state index in [1.54, 1.807) is 12.1 Å². The number of halogens is 3. The minimum absolute atomic E-state index is 0.0228.